The molecule has 4 heterocycles. The highest BCUT2D eigenvalue weighted by Gasteiger charge is 2.38. The highest BCUT2D eigenvalue weighted by Crippen LogP contribution is 2.34. The number of pyridine rings is 1. The van der Waals surface area contributed by atoms with Gasteiger partial charge in [0, 0.05) is 36.9 Å². The first-order chi connectivity index (χ1) is 14.2. The van der Waals surface area contributed by atoms with E-state index in [0.29, 0.717) is 41.3 Å². The van der Waals surface area contributed by atoms with E-state index in [2.05, 4.69) is 19.9 Å². The van der Waals surface area contributed by atoms with Gasteiger partial charge in [-0.2, -0.15) is 13.2 Å². The maximum atomic E-state index is 12.7. The number of aromatic hydroxyl groups is 1. The third-order valence-electron chi connectivity index (χ3n) is 5.04. The van der Waals surface area contributed by atoms with Gasteiger partial charge in [0.2, 0.25) is 5.91 Å². The minimum absolute atomic E-state index is 0.120. The number of nitrogens with one attached hydrogen (secondary N) is 1. The van der Waals surface area contributed by atoms with E-state index in [9.17, 15) is 23.1 Å². The third kappa shape index (κ3) is 3.74. The number of aromatic nitrogens is 4. The third-order valence-corrected chi connectivity index (χ3v) is 5.04. The van der Waals surface area contributed by atoms with Crippen LogP contribution >= 0.6 is 0 Å². The maximum absolute atomic E-state index is 12.7. The normalized spacial score (nSPS) is 16.9. The number of halogens is 3. The van der Waals surface area contributed by atoms with E-state index in [4.69, 9.17) is 0 Å². The number of carbonyl (C=O) groups excluding carboxylic acids is 1. The van der Waals surface area contributed by atoms with Crippen molar-refractivity contribution in [2.75, 3.05) is 25.0 Å². The van der Waals surface area contributed by atoms with Crippen molar-refractivity contribution in [2.24, 2.45) is 0 Å². The molecule has 1 atom stereocenters. The number of anilines is 1. The Labute approximate surface area is 169 Å². The highest BCUT2D eigenvalue weighted by atomic mass is 19.4. The van der Waals surface area contributed by atoms with Crippen molar-refractivity contribution < 1.29 is 23.1 Å². The van der Waals surface area contributed by atoms with Gasteiger partial charge in [0.25, 0.3) is 0 Å². The van der Waals surface area contributed by atoms with Gasteiger partial charge in [-0.15, -0.1) is 0 Å². The standard InChI is InChI=1S/C19H19F3N6O2/c1-27(10-19(20,21)22)18(30)13-5-3-7-28(13)17-14(29)9-25-16(26-17)12-8-24-15-11(12)4-2-6-23-15/h2,4,6,8-9,13,29H,3,5,7,10H2,1H3,(H,23,24)/t13-/m1/s1. The predicted octanol–water partition coefficient (Wildman–Crippen LogP) is 2.72. The summed E-state index contributed by atoms with van der Waals surface area (Å²) < 4.78 is 38.1. The van der Waals surface area contributed by atoms with Gasteiger partial charge < -0.3 is 19.9 Å². The summed E-state index contributed by atoms with van der Waals surface area (Å²) in [7, 11) is 1.12. The molecular formula is C19H19F3N6O2. The number of amides is 1. The van der Waals surface area contributed by atoms with Crippen LogP contribution in [0.3, 0.4) is 0 Å². The summed E-state index contributed by atoms with van der Waals surface area (Å²) in [5.41, 5.74) is 1.31. The number of nitrogens with zero attached hydrogens (tertiary/aromatic N) is 5. The molecule has 0 bridgehead atoms. The molecule has 2 N–H and O–H groups in total. The molecule has 1 amide bonds. The molecular weight excluding hydrogens is 401 g/mol. The fourth-order valence-corrected chi connectivity index (χ4v) is 3.73. The smallest absolute Gasteiger partial charge is 0.406 e. The molecule has 3 aromatic rings. The Balaban J connectivity index is 1.66. The number of hydrogen-bond acceptors (Lipinski definition) is 6. The molecule has 0 aromatic carbocycles. The fourth-order valence-electron chi connectivity index (χ4n) is 3.73. The second-order valence-corrected chi connectivity index (χ2v) is 7.17. The molecule has 1 saturated heterocycles. The molecule has 0 unspecified atom stereocenters. The molecule has 4 rings (SSSR count). The number of hydrogen-bond donors (Lipinski definition) is 2. The largest absolute Gasteiger partial charge is 0.503 e. The van der Waals surface area contributed by atoms with Crippen molar-refractivity contribution >= 4 is 22.8 Å². The Bertz CT molecular complexity index is 1080. The molecule has 158 valence electrons. The molecule has 0 radical (unpaired) electrons. The monoisotopic (exact) mass is 420 g/mol. The minimum Gasteiger partial charge on any atom is -0.503 e. The van der Waals surface area contributed by atoms with Crippen molar-refractivity contribution in [1.82, 2.24) is 24.8 Å². The Hall–Kier alpha value is -3.37. The van der Waals surface area contributed by atoms with Crippen LogP contribution in [0.15, 0.2) is 30.7 Å². The van der Waals surface area contributed by atoms with Crippen LogP contribution in [-0.2, 0) is 4.79 Å². The van der Waals surface area contributed by atoms with Gasteiger partial charge in [-0.3, -0.25) is 4.79 Å². The average molecular weight is 420 g/mol. The van der Waals surface area contributed by atoms with Crippen molar-refractivity contribution in [3.8, 4) is 17.1 Å². The number of rotatable bonds is 4. The Morgan fingerprint density at radius 1 is 1.40 bits per heavy atom. The summed E-state index contributed by atoms with van der Waals surface area (Å²) in [6.45, 7) is -0.949. The molecule has 8 nitrogen and oxygen atoms in total. The van der Waals surface area contributed by atoms with Crippen molar-refractivity contribution in [3.63, 3.8) is 0 Å². The first-order valence-corrected chi connectivity index (χ1v) is 9.31. The maximum Gasteiger partial charge on any atom is 0.406 e. The molecule has 0 spiro atoms. The van der Waals surface area contributed by atoms with Gasteiger partial charge in [0.15, 0.2) is 17.4 Å². The molecule has 1 aliphatic heterocycles. The predicted molar refractivity (Wildman–Crippen MR) is 103 cm³/mol. The van der Waals surface area contributed by atoms with Gasteiger partial charge in [-0.25, -0.2) is 15.0 Å². The van der Waals surface area contributed by atoms with E-state index in [0.717, 1.165) is 12.4 Å². The van der Waals surface area contributed by atoms with Crippen LogP contribution in [0, 0.1) is 0 Å². The first-order valence-electron chi connectivity index (χ1n) is 9.31. The van der Waals surface area contributed by atoms with Gasteiger partial charge in [0.05, 0.1) is 6.20 Å². The zero-order valence-corrected chi connectivity index (χ0v) is 16.0. The summed E-state index contributed by atoms with van der Waals surface area (Å²) in [5, 5.41) is 11.1. The lowest BCUT2D eigenvalue weighted by Gasteiger charge is -2.29. The van der Waals surface area contributed by atoms with E-state index in [1.807, 2.05) is 6.07 Å². The number of H-pyrrole nitrogens is 1. The zero-order chi connectivity index (χ0) is 21.5. The summed E-state index contributed by atoms with van der Waals surface area (Å²) in [5.74, 6) is -0.478. The number of alkyl halides is 3. The number of aromatic amines is 1. The summed E-state index contributed by atoms with van der Waals surface area (Å²) in [6.07, 6.45) is 1.04. The van der Waals surface area contributed by atoms with Crippen LogP contribution in [-0.4, -0.2) is 68.2 Å². The molecule has 0 saturated carbocycles. The molecule has 30 heavy (non-hydrogen) atoms. The highest BCUT2D eigenvalue weighted by molar-refractivity contribution is 5.92. The van der Waals surface area contributed by atoms with Crippen molar-refractivity contribution in [2.45, 2.75) is 25.1 Å². The van der Waals surface area contributed by atoms with Crippen LogP contribution in [0.25, 0.3) is 22.4 Å². The number of carbonyl (C=O) groups is 1. The lowest BCUT2D eigenvalue weighted by Crippen LogP contribution is -2.47. The van der Waals surface area contributed by atoms with Gasteiger partial charge in [-0.05, 0) is 25.0 Å². The van der Waals surface area contributed by atoms with Gasteiger partial charge in [-0.1, -0.05) is 0 Å². The number of likely N-dealkylation sites (N-methyl/N-ethyl adjacent to an activating group) is 1. The van der Waals surface area contributed by atoms with Gasteiger partial charge >= 0.3 is 6.18 Å². The van der Waals surface area contributed by atoms with E-state index in [-0.39, 0.29) is 11.6 Å². The zero-order valence-electron chi connectivity index (χ0n) is 16.0. The fraction of sp³-hybridized carbons (Fsp3) is 0.368. The average Bonchev–Trinajstić information content (AvgIpc) is 3.34. The number of fused-ring (bicyclic) bond motifs is 1. The Morgan fingerprint density at radius 3 is 2.97 bits per heavy atom. The van der Waals surface area contributed by atoms with Gasteiger partial charge in [0.1, 0.15) is 18.2 Å². The minimum atomic E-state index is -4.48. The topological polar surface area (TPSA) is 98.2 Å². The SMILES string of the molecule is CN(CC(F)(F)F)C(=O)[C@H]1CCCN1c1nc(-c2c[nH]c3ncccc23)ncc1O. The second-order valence-electron chi connectivity index (χ2n) is 7.17. The van der Waals surface area contributed by atoms with Crippen LogP contribution < -0.4 is 4.90 Å². The molecule has 1 fully saturated rings. The molecule has 1 aliphatic rings. The van der Waals surface area contributed by atoms with Crippen molar-refractivity contribution in [3.05, 3.63) is 30.7 Å². The summed E-state index contributed by atoms with van der Waals surface area (Å²) in [6, 6.07) is 2.78. The van der Waals surface area contributed by atoms with Crippen LogP contribution in [0.2, 0.25) is 0 Å². The van der Waals surface area contributed by atoms with Crippen LogP contribution in [0.1, 0.15) is 12.8 Å². The van der Waals surface area contributed by atoms with Crippen LogP contribution in [0.4, 0.5) is 19.0 Å². The molecule has 0 aliphatic carbocycles. The van der Waals surface area contributed by atoms with E-state index >= 15 is 0 Å². The van der Waals surface area contributed by atoms with E-state index in [1.165, 1.54) is 6.20 Å². The molecule has 3 aromatic heterocycles. The second kappa shape index (κ2) is 7.47. The summed E-state index contributed by atoms with van der Waals surface area (Å²) in [4.78, 5) is 30.7. The van der Waals surface area contributed by atoms with Crippen molar-refractivity contribution in [1.29, 1.82) is 0 Å². The van der Waals surface area contributed by atoms with E-state index < -0.39 is 24.7 Å². The Kier molecular flexibility index (Phi) is 4.96. The lowest BCUT2D eigenvalue weighted by molar-refractivity contribution is -0.159. The molecule has 11 heteroatoms. The van der Waals surface area contributed by atoms with Crippen LogP contribution in [0.5, 0.6) is 5.75 Å². The first kappa shape index (κ1) is 19.9. The quantitative estimate of drug-likeness (QED) is 0.674. The summed E-state index contributed by atoms with van der Waals surface area (Å²) >= 11 is 0. The Morgan fingerprint density at radius 2 is 2.20 bits per heavy atom. The lowest BCUT2D eigenvalue weighted by atomic mass is 10.2. The van der Waals surface area contributed by atoms with E-state index in [1.54, 1.807) is 23.4 Å².